The first-order valence-corrected chi connectivity index (χ1v) is 9.00. The molecular formula is C18H24ClN3OS. The Kier molecular flexibility index (Phi) is 6.38. The Morgan fingerprint density at radius 1 is 1.29 bits per heavy atom. The van der Waals surface area contributed by atoms with Crippen molar-refractivity contribution in [3.05, 3.63) is 52.0 Å². The van der Waals surface area contributed by atoms with Gasteiger partial charge in [-0.15, -0.1) is 23.7 Å². The van der Waals surface area contributed by atoms with Gasteiger partial charge in [0, 0.05) is 36.9 Å². The van der Waals surface area contributed by atoms with Crippen LogP contribution in [0.25, 0.3) is 0 Å². The molecule has 4 nitrogen and oxygen atoms in total. The summed E-state index contributed by atoms with van der Waals surface area (Å²) < 4.78 is 0. The molecule has 0 spiro atoms. The third-order valence-electron chi connectivity index (χ3n) is 4.76. The highest BCUT2D eigenvalue weighted by molar-refractivity contribution is 7.09. The lowest BCUT2D eigenvalue weighted by molar-refractivity contribution is -0.132. The summed E-state index contributed by atoms with van der Waals surface area (Å²) in [6.07, 6.45) is 2.27. The van der Waals surface area contributed by atoms with Crippen LogP contribution in [-0.2, 0) is 10.2 Å². The Balaban J connectivity index is 0.00000208. The molecule has 2 heterocycles. The largest absolute Gasteiger partial charge is 0.343 e. The summed E-state index contributed by atoms with van der Waals surface area (Å²) in [5.41, 5.74) is 7.89. The zero-order chi connectivity index (χ0) is 16.3. The highest BCUT2D eigenvalue weighted by Gasteiger charge is 2.40. The van der Waals surface area contributed by atoms with E-state index in [4.69, 9.17) is 10.7 Å². The van der Waals surface area contributed by atoms with E-state index in [0.29, 0.717) is 13.0 Å². The minimum atomic E-state index is -0.0779. The molecule has 0 radical (unpaired) electrons. The summed E-state index contributed by atoms with van der Waals surface area (Å²) in [5, 5.41) is 3.27. The minimum absolute atomic E-state index is 0. The smallest absolute Gasteiger partial charge is 0.223 e. The summed E-state index contributed by atoms with van der Waals surface area (Å²) in [6.45, 7) is 4.01. The molecule has 130 valence electrons. The number of aromatic nitrogens is 1. The Morgan fingerprint density at radius 3 is 2.50 bits per heavy atom. The maximum atomic E-state index is 12.1. The molecule has 1 aromatic heterocycles. The molecule has 2 aromatic rings. The van der Waals surface area contributed by atoms with E-state index >= 15 is 0 Å². The fourth-order valence-electron chi connectivity index (χ4n) is 3.45. The highest BCUT2D eigenvalue weighted by Crippen LogP contribution is 2.41. The lowest BCUT2D eigenvalue weighted by Gasteiger charge is -2.41. The quantitative estimate of drug-likeness (QED) is 0.905. The molecule has 0 saturated carbocycles. The van der Waals surface area contributed by atoms with Gasteiger partial charge in [-0.25, -0.2) is 4.98 Å². The maximum absolute atomic E-state index is 12.1. The predicted molar refractivity (Wildman–Crippen MR) is 101 cm³/mol. The number of carbonyl (C=O) groups excluding carboxylic acids is 1. The third kappa shape index (κ3) is 3.63. The van der Waals surface area contributed by atoms with Crippen LogP contribution in [0.1, 0.15) is 35.5 Å². The van der Waals surface area contributed by atoms with E-state index in [0.717, 1.165) is 36.6 Å². The van der Waals surface area contributed by atoms with Crippen molar-refractivity contribution >= 4 is 29.7 Å². The molecular weight excluding hydrogens is 342 g/mol. The Labute approximate surface area is 153 Å². The second-order valence-corrected chi connectivity index (χ2v) is 7.18. The molecule has 2 N–H and O–H groups in total. The van der Waals surface area contributed by atoms with Crippen LogP contribution in [0.4, 0.5) is 0 Å². The number of rotatable bonds is 4. The number of benzene rings is 1. The van der Waals surface area contributed by atoms with Gasteiger partial charge in [-0.05, 0) is 25.3 Å². The molecule has 1 saturated heterocycles. The van der Waals surface area contributed by atoms with Crippen molar-refractivity contribution in [2.24, 2.45) is 5.73 Å². The number of hydrogen-bond acceptors (Lipinski definition) is 4. The maximum Gasteiger partial charge on any atom is 0.223 e. The first-order chi connectivity index (χ1) is 11.2. The number of aryl methyl sites for hydroxylation is 1. The summed E-state index contributed by atoms with van der Waals surface area (Å²) in [5.74, 6) is 0.170. The number of nitrogens with two attached hydrogens (primary N) is 1. The fourth-order valence-corrected chi connectivity index (χ4v) is 4.16. The van der Waals surface area contributed by atoms with Gasteiger partial charge in [0.2, 0.25) is 5.91 Å². The number of hydrogen-bond donors (Lipinski definition) is 1. The average molecular weight is 366 g/mol. The van der Waals surface area contributed by atoms with Crippen molar-refractivity contribution in [1.29, 1.82) is 0 Å². The number of halogens is 1. The van der Waals surface area contributed by atoms with Crippen LogP contribution in [0, 0.1) is 6.92 Å². The van der Waals surface area contributed by atoms with Gasteiger partial charge in [0.1, 0.15) is 0 Å². The normalized spacial score (nSPS) is 16.5. The van der Waals surface area contributed by atoms with Gasteiger partial charge in [-0.1, -0.05) is 30.3 Å². The van der Waals surface area contributed by atoms with Crippen molar-refractivity contribution in [2.75, 3.05) is 19.6 Å². The molecule has 1 aliphatic heterocycles. The predicted octanol–water partition coefficient (Wildman–Crippen LogP) is 3.13. The van der Waals surface area contributed by atoms with E-state index in [1.54, 1.807) is 11.3 Å². The SMILES string of the molecule is Cc1nc(C2(c3ccccc3)CCN(C(=O)CCN)CC2)cs1.Cl. The van der Waals surface area contributed by atoms with E-state index < -0.39 is 0 Å². The van der Waals surface area contributed by atoms with Crippen molar-refractivity contribution in [3.63, 3.8) is 0 Å². The second kappa shape index (κ2) is 8.10. The fraction of sp³-hybridized carbons (Fsp3) is 0.444. The number of piperidine rings is 1. The summed E-state index contributed by atoms with van der Waals surface area (Å²) >= 11 is 1.70. The molecule has 1 amide bonds. The van der Waals surface area contributed by atoms with Crippen LogP contribution in [0.3, 0.4) is 0 Å². The standard InChI is InChI=1S/C18H23N3OS.ClH/c1-14-20-16(13-23-14)18(15-5-3-2-4-6-15)8-11-21(12-9-18)17(22)7-10-19;/h2-6,13H,7-12,19H2,1H3;1H. The Hall–Kier alpha value is -1.43. The van der Waals surface area contributed by atoms with E-state index in [1.807, 2.05) is 17.9 Å². The molecule has 0 aliphatic carbocycles. The van der Waals surface area contributed by atoms with Gasteiger partial charge in [-0.2, -0.15) is 0 Å². The first kappa shape index (κ1) is 18.9. The van der Waals surface area contributed by atoms with Crippen LogP contribution in [0.5, 0.6) is 0 Å². The van der Waals surface area contributed by atoms with E-state index in [9.17, 15) is 4.79 Å². The van der Waals surface area contributed by atoms with Gasteiger partial charge >= 0.3 is 0 Å². The molecule has 1 aliphatic rings. The zero-order valence-corrected chi connectivity index (χ0v) is 15.5. The Morgan fingerprint density at radius 2 is 1.96 bits per heavy atom. The molecule has 6 heteroatoms. The van der Waals surface area contributed by atoms with Crippen LogP contribution >= 0.6 is 23.7 Å². The van der Waals surface area contributed by atoms with Crippen LogP contribution < -0.4 is 5.73 Å². The number of nitrogens with zero attached hydrogens (tertiary/aromatic N) is 2. The molecule has 0 bridgehead atoms. The topological polar surface area (TPSA) is 59.2 Å². The van der Waals surface area contributed by atoms with Crippen LogP contribution in [0.15, 0.2) is 35.7 Å². The number of likely N-dealkylation sites (tertiary alicyclic amines) is 1. The number of carbonyl (C=O) groups is 1. The third-order valence-corrected chi connectivity index (χ3v) is 5.54. The van der Waals surface area contributed by atoms with Crippen molar-refractivity contribution in [1.82, 2.24) is 9.88 Å². The lowest BCUT2D eigenvalue weighted by Crippen LogP contribution is -2.46. The summed E-state index contributed by atoms with van der Waals surface area (Å²) in [4.78, 5) is 18.9. The first-order valence-electron chi connectivity index (χ1n) is 8.12. The van der Waals surface area contributed by atoms with Crippen molar-refractivity contribution < 1.29 is 4.79 Å². The highest BCUT2D eigenvalue weighted by atomic mass is 35.5. The molecule has 24 heavy (non-hydrogen) atoms. The van der Waals surface area contributed by atoms with Gasteiger partial charge in [-0.3, -0.25) is 4.79 Å². The minimum Gasteiger partial charge on any atom is -0.343 e. The van der Waals surface area contributed by atoms with Gasteiger partial charge in [0.25, 0.3) is 0 Å². The monoisotopic (exact) mass is 365 g/mol. The molecule has 1 fully saturated rings. The van der Waals surface area contributed by atoms with Gasteiger partial charge in [0.05, 0.1) is 10.7 Å². The number of thiazole rings is 1. The summed E-state index contributed by atoms with van der Waals surface area (Å²) in [7, 11) is 0. The van der Waals surface area contributed by atoms with Crippen molar-refractivity contribution in [2.45, 2.75) is 31.6 Å². The van der Waals surface area contributed by atoms with Crippen molar-refractivity contribution in [3.8, 4) is 0 Å². The molecule has 0 unspecified atom stereocenters. The van der Waals surface area contributed by atoms with E-state index in [-0.39, 0.29) is 23.7 Å². The van der Waals surface area contributed by atoms with Crippen LogP contribution in [0.2, 0.25) is 0 Å². The zero-order valence-electron chi connectivity index (χ0n) is 13.9. The average Bonchev–Trinajstić information content (AvgIpc) is 3.03. The van der Waals surface area contributed by atoms with Gasteiger partial charge in [0.15, 0.2) is 0 Å². The summed E-state index contributed by atoms with van der Waals surface area (Å²) in [6, 6.07) is 10.6. The molecule has 3 rings (SSSR count). The molecule has 0 atom stereocenters. The Bertz CT molecular complexity index is 666. The second-order valence-electron chi connectivity index (χ2n) is 6.12. The van der Waals surface area contributed by atoms with Crippen LogP contribution in [-0.4, -0.2) is 35.4 Å². The number of amides is 1. The van der Waals surface area contributed by atoms with E-state index in [2.05, 4.69) is 29.6 Å². The lowest BCUT2D eigenvalue weighted by atomic mass is 9.70. The van der Waals surface area contributed by atoms with Gasteiger partial charge < -0.3 is 10.6 Å². The van der Waals surface area contributed by atoms with E-state index in [1.165, 1.54) is 5.56 Å². The molecule has 1 aromatic carbocycles.